The Balaban J connectivity index is 2.89. The number of carbonyl (C=O) groups is 2. The van der Waals surface area contributed by atoms with E-state index in [2.05, 4.69) is 0 Å². The average Bonchev–Trinajstić information content (AvgIpc) is 2.19. The predicted molar refractivity (Wildman–Crippen MR) is 53.8 cm³/mol. The van der Waals surface area contributed by atoms with Crippen molar-refractivity contribution in [3.63, 3.8) is 0 Å². The first-order valence-corrected chi connectivity index (χ1v) is 4.54. The molecule has 0 saturated carbocycles. The van der Waals surface area contributed by atoms with Crippen molar-refractivity contribution in [1.82, 2.24) is 4.90 Å². The highest BCUT2D eigenvalue weighted by Gasteiger charge is 2.16. The van der Waals surface area contributed by atoms with Crippen molar-refractivity contribution in [1.29, 1.82) is 0 Å². The van der Waals surface area contributed by atoms with Crippen LogP contribution in [0.25, 0.3) is 0 Å². The molecule has 1 rings (SSSR count). The molecule has 0 fully saturated rings. The van der Waals surface area contributed by atoms with E-state index in [0.29, 0.717) is 12.1 Å². The highest BCUT2D eigenvalue weighted by molar-refractivity contribution is 6.03. The van der Waals surface area contributed by atoms with Crippen LogP contribution >= 0.6 is 0 Å². The van der Waals surface area contributed by atoms with Crippen LogP contribution in [0.1, 0.15) is 24.2 Å². The zero-order chi connectivity index (χ0) is 10.6. The van der Waals surface area contributed by atoms with Gasteiger partial charge in [0.05, 0.1) is 0 Å². The minimum absolute atomic E-state index is 0.221. The number of imide groups is 1. The molecule has 0 N–H and O–H groups in total. The van der Waals surface area contributed by atoms with E-state index in [1.165, 1.54) is 11.8 Å². The SMILES string of the molecule is CCN(C(C)=O)C(=O)c1ccccc1. The predicted octanol–water partition coefficient (Wildman–Crippen LogP) is 1.70. The van der Waals surface area contributed by atoms with E-state index < -0.39 is 0 Å². The Hall–Kier alpha value is -1.64. The maximum absolute atomic E-state index is 11.7. The van der Waals surface area contributed by atoms with Crippen LogP contribution in [0.3, 0.4) is 0 Å². The fourth-order valence-electron chi connectivity index (χ4n) is 1.25. The third-order valence-electron chi connectivity index (χ3n) is 1.96. The van der Waals surface area contributed by atoms with Crippen molar-refractivity contribution >= 4 is 11.8 Å². The second kappa shape index (κ2) is 4.56. The van der Waals surface area contributed by atoms with Crippen LogP contribution < -0.4 is 0 Å². The Morgan fingerprint density at radius 1 is 1.21 bits per heavy atom. The number of nitrogens with zero attached hydrogens (tertiary/aromatic N) is 1. The fraction of sp³-hybridized carbons (Fsp3) is 0.273. The molecule has 0 heterocycles. The number of carbonyl (C=O) groups excluding carboxylic acids is 2. The monoisotopic (exact) mass is 191 g/mol. The number of benzene rings is 1. The van der Waals surface area contributed by atoms with Gasteiger partial charge in [0, 0.05) is 19.0 Å². The summed E-state index contributed by atoms with van der Waals surface area (Å²) in [5, 5.41) is 0. The molecule has 1 aromatic rings. The minimum Gasteiger partial charge on any atom is -0.279 e. The second-order valence-corrected chi connectivity index (χ2v) is 2.93. The van der Waals surface area contributed by atoms with Gasteiger partial charge in [-0.05, 0) is 19.1 Å². The molecule has 1 aromatic carbocycles. The van der Waals surface area contributed by atoms with E-state index in [9.17, 15) is 9.59 Å². The summed E-state index contributed by atoms with van der Waals surface area (Å²) >= 11 is 0. The summed E-state index contributed by atoms with van der Waals surface area (Å²) in [6, 6.07) is 8.80. The summed E-state index contributed by atoms with van der Waals surface area (Å²) in [6.07, 6.45) is 0. The lowest BCUT2D eigenvalue weighted by Crippen LogP contribution is -2.34. The van der Waals surface area contributed by atoms with Crippen LogP contribution in [0.15, 0.2) is 30.3 Å². The zero-order valence-electron chi connectivity index (χ0n) is 8.36. The van der Waals surface area contributed by atoms with Crippen LogP contribution in [0.4, 0.5) is 0 Å². The summed E-state index contributed by atoms with van der Waals surface area (Å²) in [5.41, 5.74) is 0.546. The molecule has 3 nitrogen and oxygen atoms in total. The molecule has 0 atom stereocenters. The van der Waals surface area contributed by atoms with Gasteiger partial charge in [-0.3, -0.25) is 14.5 Å². The molecule has 3 heteroatoms. The van der Waals surface area contributed by atoms with Crippen molar-refractivity contribution < 1.29 is 9.59 Å². The van der Waals surface area contributed by atoms with Gasteiger partial charge < -0.3 is 0 Å². The molecule has 0 aliphatic carbocycles. The van der Waals surface area contributed by atoms with Gasteiger partial charge in [-0.2, -0.15) is 0 Å². The maximum Gasteiger partial charge on any atom is 0.260 e. The smallest absolute Gasteiger partial charge is 0.260 e. The molecule has 0 spiro atoms. The molecule has 0 bridgehead atoms. The molecule has 0 aliphatic rings. The number of hydrogen-bond acceptors (Lipinski definition) is 2. The van der Waals surface area contributed by atoms with Crippen molar-refractivity contribution in [3.8, 4) is 0 Å². The highest BCUT2D eigenvalue weighted by Crippen LogP contribution is 2.04. The van der Waals surface area contributed by atoms with Gasteiger partial charge in [-0.15, -0.1) is 0 Å². The molecule has 74 valence electrons. The standard InChI is InChI=1S/C11H13NO2/c1-3-12(9(2)13)11(14)10-7-5-4-6-8-10/h4-8H,3H2,1-2H3. The summed E-state index contributed by atoms with van der Waals surface area (Å²) in [4.78, 5) is 24.0. The Labute approximate surface area is 83.3 Å². The molecular weight excluding hydrogens is 178 g/mol. The van der Waals surface area contributed by atoms with Crippen LogP contribution in [0.2, 0.25) is 0 Å². The Kier molecular flexibility index (Phi) is 3.40. The zero-order valence-corrected chi connectivity index (χ0v) is 8.36. The molecule has 0 unspecified atom stereocenters. The minimum atomic E-state index is -0.236. The van der Waals surface area contributed by atoms with Crippen molar-refractivity contribution in [2.45, 2.75) is 13.8 Å². The van der Waals surface area contributed by atoms with E-state index in [0.717, 1.165) is 0 Å². The lowest BCUT2D eigenvalue weighted by Gasteiger charge is -2.16. The summed E-state index contributed by atoms with van der Waals surface area (Å²) in [7, 11) is 0. The Bertz CT molecular complexity index is 332. The lowest BCUT2D eigenvalue weighted by atomic mass is 10.2. The van der Waals surface area contributed by atoms with Gasteiger partial charge in [-0.25, -0.2) is 0 Å². The van der Waals surface area contributed by atoms with E-state index in [1.807, 2.05) is 6.07 Å². The normalized spacial score (nSPS) is 9.57. The molecule has 0 saturated heterocycles. The van der Waals surface area contributed by atoms with Crippen molar-refractivity contribution in [2.75, 3.05) is 6.54 Å². The molecular formula is C11H13NO2. The van der Waals surface area contributed by atoms with E-state index in [4.69, 9.17) is 0 Å². The first-order chi connectivity index (χ1) is 6.66. The third-order valence-corrected chi connectivity index (χ3v) is 1.96. The number of amides is 2. The van der Waals surface area contributed by atoms with Gasteiger partial charge in [0.1, 0.15) is 0 Å². The van der Waals surface area contributed by atoms with E-state index >= 15 is 0 Å². The highest BCUT2D eigenvalue weighted by atomic mass is 16.2. The molecule has 2 amide bonds. The first kappa shape index (κ1) is 10.4. The van der Waals surface area contributed by atoms with Gasteiger partial charge >= 0.3 is 0 Å². The number of rotatable bonds is 2. The van der Waals surface area contributed by atoms with Gasteiger partial charge in [-0.1, -0.05) is 18.2 Å². The van der Waals surface area contributed by atoms with Crippen LogP contribution in [-0.4, -0.2) is 23.3 Å². The average molecular weight is 191 g/mol. The van der Waals surface area contributed by atoms with E-state index in [-0.39, 0.29) is 11.8 Å². The van der Waals surface area contributed by atoms with Gasteiger partial charge in [0.25, 0.3) is 5.91 Å². The van der Waals surface area contributed by atoms with E-state index in [1.54, 1.807) is 31.2 Å². The summed E-state index contributed by atoms with van der Waals surface area (Å²) in [6.45, 7) is 3.58. The lowest BCUT2D eigenvalue weighted by molar-refractivity contribution is -0.126. The van der Waals surface area contributed by atoms with Gasteiger partial charge in [0.2, 0.25) is 5.91 Å². The van der Waals surface area contributed by atoms with Crippen molar-refractivity contribution in [3.05, 3.63) is 35.9 Å². The molecule has 0 aliphatic heterocycles. The van der Waals surface area contributed by atoms with Crippen molar-refractivity contribution in [2.24, 2.45) is 0 Å². The molecule has 0 radical (unpaired) electrons. The quantitative estimate of drug-likeness (QED) is 0.713. The van der Waals surface area contributed by atoms with Gasteiger partial charge in [0.15, 0.2) is 0 Å². The summed E-state index contributed by atoms with van der Waals surface area (Å²) < 4.78 is 0. The molecule has 0 aromatic heterocycles. The summed E-state index contributed by atoms with van der Waals surface area (Å²) in [5.74, 6) is -0.457. The maximum atomic E-state index is 11.7. The largest absolute Gasteiger partial charge is 0.279 e. The first-order valence-electron chi connectivity index (χ1n) is 4.54. The van der Waals surface area contributed by atoms with Crippen LogP contribution in [0.5, 0.6) is 0 Å². The number of hydrogen-bond donors (Lipinski definition) is 0. The Morgan fingerprint density at radius 2 is 1.79 bits per heavy atom. The fourth-order valence-corrected chi connectivity index (χ4v) is 1.25. The Morgan fingerprint density at radius 3 is 2.21 bits per heavy atom. The topological polar surface area (TPSA) is 37.4 Å². The van der Waals surface area contributed by atoms with Crippen LogP contribution in [-0.2, 0) is 4.79 Å². The second-order valence-electron chi connectivity index (χ2n) is 2.93. The molecule has 14 heavy (non-hydrogen) atoms. The third kappa shape index (κ3) is 2.19. The van der Waals surface area contributed by atoms with Crippen LogP contribution in [0, 0.1) is 0 Å².